The molecule has 0 saturated heterocycles. The molecule has 0 saturated carbocycles. The summed E-state index contributed by atoms with van der Waals surface area (Å²) >= 11 is 0. The van der Waals surface area contributed by atoms with Crippen molar-refractivity contribution in [1.82, 2.24) is 0 Å². The second kappa shape index (κ2) is 5.95. The van der Waals surface area contributed by atoms with Crippen molar-refractivity contribution in [3.8, 4) is 0 Å². The molecule has 0 spiro atoms. The molecule has 0 aromatic heterocycles. The van der Waals surface area contributed by atoms with Crippen LogP contribution >= 0.6 is 0 Å². The molecule has 1 rings (SSSR count). The Kier molecular flexibility index (Phi) is 5.46. The standard InChI is InChI=1S/C8H6F6N2.H2O4S/c9-7(10,11)3-1-5(15)4(2-6(3)16)8(12,13)14;1-5(2,3)4/h1-2H,15-16H2;(H2,1,2,3,4). The molecule has 6 nitrogen and oxygen atoms in total. The molecular weight excluding hydrogens is 334 g/mol. The van der Waals surface area contributed by atoms with Crippen LogP contribution in [0.25, 0.3) is 0 Å². The van der Waals surface area contributed by atoms with Gasteiger partial charge in [-0.15, -0.1) is 0 Å². The van der Waals surface area contributed by atoms with Crippen molar-refractivity contribution in [2.75, 3.05) is 11.5 Å². The number of nitrogens with two attached hydrogens (primary N) is 2. The van der Waals surface area contributed by atoms with Crippen molar-refractivity contribution in [1.29, 1.82) is 0 Å². The van der Waals surface area contributed by atoms with Crippen LogP contribution in [0.3, 0.4) is 0 Å². The third-order valence-electron chi connectivity index (χ3n) is 1.83. The molecular formula is C8H8F6N2O4S. The lowest BCUT2D eigenvalue weighted by molar-refractivity contribution is -0.140. The molecule has 0 bridgehead atoms. The Morgan fingerprint density at radius 1 is 0.810 bits per heavy atom. The number of benzene rings is 1. The van der Waals surface area contributed by atoms with Gasteiger partial charge in [0.05, 0.1) is 11.1 Å². The molecule has 21 heavy (non-hydrogen) atoms. The summed E-state index contributed by atoms with van der Waals surface area (Å²) in [5.74, 6) is 0. The fraction of sp³-hybridized carbons (Fsp3) is 0.250. The zero-order chi connectivity index (χ0) is 17.2. The number of rotatable bonds is 0. The van der Waals surface area contributed by atoms with Crippen molar-refractivity contribution < 1.29 is 43.9 Å². The monoisotopic (exact) mass is 342 g/mol. The van der Waals surface area contributed by atoms with E-state index in [1.54, 1.807) is 0 Å². The van der Waals surface area contributed by atoms with Gasteiger partial charge in [-0.3, -0.25) is 9.11 Å². The van der Waals surface area contributed by atoms with E-state index >= 15 is 0 Å². The molecule has 6 N–H and O–H groups in total. The first-order chi connectivity index (χ1) is 9.03. The third-order valence-corrected chi connectivity index (χ3v) is 1.83. The minimum atomic E-state index is -4.83. The zero-order valence-corrected chi connectivity index (χ0v) is 10.5. The van der Waals surface area contributed by atoms with E-state index in [-0.39, 0.29) is 12.1 Å². The normalized spacial score (nSPS) is 12.6. The van der Waals surface area contributed by atoms with E-state index in [0.717, 1.165) is 0 Å². The van der Waals surface area contributed by atoms with E-state index < -0.39 is 45.3 Å². The number of hydrogen-bond donors (Lipinski definition) is 4. The highest BCUT2D eigenvalue weighted by Crippen LogP contribution is 2.40. The van der Waals surface area contributed by atoms with Gasteiger partial charge in [-0.05, 0) is 12.1 Å². The molecule has 0 aliphatic rings. The van der Waals surface area contributed by atoms with Gasteiger partial charge in [-0.25, -0.2) is 0 Å². The van der Waals surface area contributed by atoms with Gasteiger partial charge in [0.2, 0.25) is 0 Å². The van der Waals surface area contributed by atoms with Gasteiger partial charge in [0, 0.05) is 11.4 Å². The minimum absolute atomic E-state index is 0.179. The molecule has 0 aliphatic heterocycles. The molecule has 13 heteroatoms. The third kappa shape index (κ3) is 7.01. The van der Waals surface area contributed by atoms with E-state index in [1.165, 1.54) is 0 Å². The van der Waals surface area contributed by atoms with Crippen molar-refractivity contribution in [2.45, 2.75) is 12.4 Å². The predicted octanol–water partition coefficient (Wildman–Crippen LogP) is 2.24. The minimum Gasteiger partial charge on any atom is -0.398 e. The Morgan fingerprint density at radius 3 is 1.14 bits per heavy atom. The molecule has 1 aromatic carbocycles. The maximum Gasteiger partial charge on any atom is 0.418 e. The van der Waals surface area contributed by atoms with Crippen LogP contribution in [0.2, 0.25) is 0 Å². The van der Waals surface area contributed by atoms with Gasteiger partial charge in [0.15, 0.2) is 0 Å². The Labute approximate surface area is 113 Å². The van der Waals surface area contributed by atoms with Gasteiger partial charge in [0.25, 0.3) is 0 Å². The molecule has 0 radical (unpaired) electrons. The lowest BCUT2D eigenvalue weighted by atomic mass is 10.1. The quantitative estimate of drug-likeness (QED) is 0.325. The van der Waals surface area contributed by atoms with Crippen LogP contribution in [-0.2, 0) is 22.8 Å². The maximum absolute atomic E-state index is 12.2. The molecule has 122 valence electrons. The Hall–Kier alpha value is -1.73. The smallest absolute Gasteiger partial charge is 0.398 e. The van der Waals surface area contributed by atoms with Gasteiger partial charge >= 0.3 is 22.8 Å². The highest BCUT2D eigenvalue weighted by Gasteiger charge is 2.38. The largest absolute Gasteiger partial charge is 0.418 e. The Bertz CT molecular complexity index is 563. The highest BCUT2D eigenvalue weighted by atomic mass is 32.3. The summed E-state index contributed by atoms with van der Waals surface area (Å²) in [6, 6.07) is 0.357. The summed E-state index contributed by atoms with van der Waals surface area (Å²) in [7, 11) is -4.67. The first-order valence-electron chi connectivity index (χ1n) is 4.56. The summed E-state index contributed by atoms with van der Waals surface area (Å²) in [5, 5.41) is 0. The van der Waals surface area contributed by atoms with Crippen LogP contribution < -0.4 is 11.5 Å². The topological polar surface area (TPSA) is 127 Å². The summed E-state index contributed by atoms with van der Waals surface area (Å²) in [6.45, 7) is 0. The number of halogens is 6. The molecule has 0 heterocycles. The van der Waals surface area contributed by atoms with Crippen LogP contribution in [0.5, 0.6) is 0 Å². The Balaban J connectivity index is 0.000000690. The van der Waals surface area contributed by atoms with Crippen molar-refractivity contribution >= 4 is 21.8 Å². The van der Waals surface area contributed by atoms with Gasteiger partial charge < -0.3 is 11.5 Å². The van der Waals surface area contributed by atoms with Crippen molar-refractivity contribution in [2.24, 2.45) is 0 Å². The van der Waals surface area contributed by atoms with E-state index in [2.05, 4.69) is 0 Å². The molecule has 0 aliphatic carbocycles. The lowest BCUT2D eigenvalue weighted by Gasteiger charge is -2.15. The fourth-order valence-electron chi connectivity index (χ4n) is 1.12. The fourth-order valence-corrected chi connectivity index (χ4v) is 1.12. The second-order valence-corrected chi connectivity index (χ2v) is 4.37. The summed E-state index contributed by atoms with van der Waals surface area (Å²) in [4.78, 5) is 0. The zero-order valence-electron chi connectivity index (χ0n) is 9.70. The number of anilines is 2. The number of nitrogen functional groups attached to an aromatic ring is 2. The van der Waals surface area contributed by atoms with Crippen LogP contribution in [0.1, 0.15) is 11.1 Å². The van der Waals surface area contributed by atoms with Crippen LogP contribution in [0.15, 0.2) is 12.1 Å². The Morgan fingerprint density at radius 2 is 1.00 bits per heavy atom. The average Bonchev–Trinajstić information content (AvgIpc) is 2.15. The SMILES string of the molecule is Nc1cc(C(F)(F)F)c(N)cc1C(F)(F)F.O=S(=O)(O)O. The van der Waals surface area contributed by atoms with Gasteiger partial charge in [0.1, 0.15) is 0 Å². The first kappa shape index (κ1) is 19.3. The van der Waals surface area contributed by atoms with Crippen molar-refractivity contribution in [3.63, 3.8) is 0 Å². The predicted molar refractivity (Wildman–Crippen MR) is 59.4 cm³/mol. The van der Waals surface area contributed by atoms with E-state index in [1.807, 2.05) is 0 Å². The summed E-state index contributed by atoms with van der Waals surface area (Å²) in [6.07, 6.45) is -9.66. The van der Waals surface area contributed by atoms with Gasteiger partial charge in [-0.1, -0.05) is 0 Å². The first-order valence-corrected chi connectivity index (χ1v) is 5.96. The van der Waals surface area contributed by atoms with Gasteiger partial charge in [-0.2, -0.15) is 34.8 Å². The molecule has 0 amide bonds. The second-order valence-electron chi connectivity index (χ2n) is 3.47. The summed E-state index contributed by atoms with van der Waals surface area (Å²) in [5.41, 5.74) is 5.03. The van der Waals surface area contributed by atoms with E-state index in [9.17, 15) is 26.3 Å². The average molecular weight is 342 g/mol. The van der Waals surface area contributed by atoms with Crippen LogP contribution in [-0.4, -0.2) is 17.5 Å². The molecule has 0 fully saturated rings. The summed E-state index contributed by atoms with van der Waals surface area (Å²) < 4.78 is 105. The highest BCUT2D eigenvalue weighted by molar-refractivity contribution is 7.79. The van der Waals surface area contributed by atoms with E-state index in [0.29, 0.717) is 0 Å². The lowest BCUT2D eigenvalue weighted by Crippen LogP contribution is -2.15. The van der Waals surface area contributed by atoms with Crippen molar-refractivity contribution in [3.05, 3.63) is 23.3 Å². The molecule has 0 atom stereocenters. The van der Waals surface area contributed by atoms with Crippen LogP contribution in [0, 0.1) is 0 Å². The van der Waals surface area contributed by atoms with E-state index in [4.69, 9.17) is 29.0 Å². The number of alkyl halides is 6. The van der Waals surface area contributed by atoms with Crippen LogP contribution in [0.4, 0.5) is 37.7 Å². The molecule has 1 aromatic rings. The maximum atomic E-state index is 12.2. The molecule has 0 unspecified atom stereocenters. The number of hydrogen-bond acceptors (Lipinski definition) is 4.